The molecule has 2 nitrogen and oxygen atoms in total. The van der Waals surface area contributed by atoms with Gasteiger partial charge in [0.15, 0.2) is 0 Å². The van der Waals surface area contributed by atoms with Gasteiger partial charge in [-0.05, 0) is 31.4 Å². The van der Waals surface area contributed by atoms with Gasteiger partial charge in [-0.3, -0.25) is 0 Å². The fourth-order valence-corrected chi connectivity index (χ4v) is 1.90. The molecule has 1 unspecified atom stereocenters. The van der Waals surface area contributed by atoms with Gasteiger partial charge < -0.3 is 10.1 Å². The van der Waals surface area contributed by atoms with Crippen molar-refractivity contribution < 1.29 is 4.74 Å². The number of benzene rings is 1. The minimum atomic E-state index is 0.309. The minimum Gasteiger partial charge on any atom is -0.379 e. The van der Waals surface area contributed by atoms with Crippen molar-refractivity contribution in [1.29, 1.82) is 0 Å². The first-order valence-electron chi connectivity index (χ1n) is 7.01. The number of nitrogens with one attached hydrogen (secondary N) is 1. The van der Waals surface area contributed by atoms with E-state index in [0.29, 0.717) is 12.0 Å². The SMILES string of the molecule is CCCNC(COCC(C)C)c1cccc(C)c1. The average molecular weight is 249 g/mol. The molecule has 0 aliphatic carbocycles. The van der Waals surface area contributed by atoms with Crippen LogP contribution in [0.2, 0.25) is 0 Å². The lowest BCUT2D eigenvalue weighted by Gasteiger charge is -2.20. The van der Waals surface area contributed by atoms with Crippen LogP contribution in [0, 0.1) is 12.8 Å². The molecule has 0 radical (unpaired) electrons. The second-order valence-corrected chi connectivity index (χ2v) is 5.35. The molecule has 0 heterocycles. The lowest BCUT2D eigenvalue weighted by atomic mass is 10.0. The van der Waals surface area contributed by atoms with Gasteiger partial charge >= 0.3 is 0 Å². The highest BCUT2D eigenvalue weighted by Gasteiger charge is 2.11. The van der Waals surface area contributed by atoms with Gasteiger partial charge in [0.05, 0.1) is 12.6 Å². The molecule has 18 heavy (non-hydrogen) atoms. The third kappa shape index (κ3) is 5.65. The minimum absolute atomic E-state index is 0.309. The van der Waals surface area contributed by atoms with Gasteiger partial charge in [-0.2, -0.15) is 0 Å². The molecule has 0 aliphatic rings. The largest absolute Gasteiger partial charge is 0.379 e. The van der Waals surface area contributed by atoms with Crippen LogP contribution >= 0.6 is 0 Å². The van der Waals surface area contributed by atoms with Crippen LogP contribution < -0.4 is 5.32 Å². The number of ether oxygens (including phenoxy) is 1. The molecule has 0 bridgehead atoms. The highest BCUT2D eigenvalue weighted by molar-refractivity contribution is 5.25. The fourth-order valence-electron chi connectivity index (χ4n) is 1.90. The van der Waals surface area contributed by atoms with E-state index in [-0.39, 0.29) is 0 Å². The Morgan fingerprint density at radius 1 is 1.22 bits per heavy atom. The molecule has 1 aromatic rings. The molecule has 0 fully saturated rings. The normalized spacial score (nSPS) is 12.9. The number of rotatable bonds is 8. The summed E-state index contributed by atoms with van der Waals surface area (Å²) >= 11 is 0. The number of hydrogen-bond acceptors (Lipinski definition) is 2. The van der Waals surface area contributed by atoms with Crippen molar-refractivity contribution in [3.63, 3.8) is 0 Å². The Labute approximate surface area is 112 Å². The molecule has 1 rings (SSSR count). The molecule has 1 atom stereocenters. The van der Waals surface area contributed by atoms with Crippen LogP contribution in [0.4, 0.5) is 0 Å². The highest BCUT2D eigenvalue weighted by atomic mass is 16.5. The van der Waals surface area contributed by atoms with Crippen molar-refractivity contribution >= 4 is 0 Å². The van der Waals surface area contributed by atoms with Gasteiger partial charge in [-0.15, -0.1) is 0 Å². The van der Waals surface area contributed by atoms with E-state index in [2.05, 4.69) is 57.3 Å². The molecule has 0 saturated heterocycles. The van der Waals surface area contributed by atoms with Gasteiger partial charge in [0, 0.05) is 6.61 Å². The Kier molecular flexibility index (Phi) is 6.99. The summed E-state index contributed by atoms with van der Waals surface area (Å²) in [6.45, 7) is 11.3. The first kappa shape index (κ1) is 15.2. The molecule has 0 aliphatic heterocycles. The summed E-state index contributed by atoms with van der Waals surface area (Å²) in [5, 5.41) is 3.56. The molecule has 0 spiro atoms. The molecule has 0 aromatic heterocycles. The Balaban J connectivity index is 2.59. The van der Waals surface area contributed by atoms with Gasteiger partial charge in [0.1, 0.15) is 0 Å². The standard InChI is InChI=1S/C16H27NO/c1-5-9-17-16(12-18-11-13(2)3)15-8-6-7-14(4)10-15/h6-8,10,13,16-17H,5,9,11-12H2,1-4H3. The maximum absolute atomic E-state index is 5.79. The zero-order chi connectivity index (χ0) is 13.4. The first-order valence-corrected chi connectivity index (χ1v) is 7.01. The van der Waals surface area contributed by atoms with Crippen molar-refractivity contribution in [3.8, 4) is 0 Å². The Bertz CT molecular complexity index is 336. The predicted octanol–water partition coefficient (Wildman–Crippen LogP) is 3.71. The Morgan fingerprint density at radius 2 is 2.00 bits per heavy atom. The second-order valence-electron chi connectivity index (χ2n) is 5.35. The van der Waals surface area contributed by atoms with Crippen LogP contribution in [0.3, 0.4) is 0 Å². The fraction of sp³-hybridized carbons (Fsp3) is 0.625. The number of aryl methyl sites for hydroxylation is 1. The molecular weight excluding hydrogens is 222 g/mol. The van der Waals surface area contributed by atoms with E-state index in [9.17, 15) is 0 Å². The van der Waals surface area contributed by atoms with Gasteiger partial charge in [0.2, 0.25) is 0 Å². The van der Waals surface area contributed by atoms with E-state index in [0.717, 1.165) is 26.2 Å². The van der Waals surface area contributed by atoms with Crippen LogP contribution in [-0.4, -0.2) is 19.8 Å². The molecule has 1 N–H and O–H groups in total. The van der Waals surface area contributed by atoms with Crippen molar-refractivity contribution in [2.75, 3.05) is 19.8 Å². The quantitative estimate of drug-likeness (QED) is 0.758. The van der Waals surface area contributed by atoms with Gasteiger partial charge in [-0.1, -0.05) is 50.6 Å². The topological polar surface area (TPSA) is 21.3 Å². The maximum atomic E-state index is 5.79. The summed E-state index contributed by atoms with van der Waals surface area (Å²) in [6, 6.07) is 8.98. The molecule has 1 aromatic carbocycles. The lowest BCUT2D eigenvalue weighted by Crippen LogP contribution is -2.27. The highest BCUT2D eigenvalue weighted by Crippen LogP contribution is 2.15. The third-order valence-electron chi connectivity index (χ3n) is 2.82. The van der Waals surface area contributed by atoms with Crippen molar-refractivity contribution in [1.82, 2.24) is 5.32 Å². The summed E-state index contributed by atoms with van der Waals surface area (Å²) in [4.78, 5) is 0. The van der Waals surface area contributed by atoms with E-state index in [4.69, 9.17) is 4.74 Å². The Hall–Kier alpha value is -0.860. The second kappa shape index (κ2) is 8.28. The Morgan fingerprint density at radius 3 is 2.61 bits per heavy atom. The molecular formula is C16H27NO. The smallest absolute Gasteiger partial charge is 0.0661 e. The third-order valence-corrected chi connectivity index (χ3v) is 2.82. The van der Waals surface area contributed by atoms with Crippen LogP contribution in [0.1, 0.15) is 44.4 Å². The van der Waals surface area contributed by atoms with Crippen LogP contribution in [-0.2, 0) is 4.74 Å². The summed E-state index contributed by atoms with van der Waals surface area (Å²) < 4.78 is 5.79. The van der Waals surface area contributed by atoms with Crippen LogP contribution in [0.15, 0.2) is 24.3 Å². The zero-order valence-corrected chi connectivity index (χ0v) is 12.2. The van der Waals surface area contributed by atoms with Crippen molar-refractivity contribution in [3.05, 3.63) is 35.4 Å². The maximum Gasteiger partial charge on any atom is 0.0661 e. The van der Waals surface area contributed by atoms with Gasteiger partial charge in [-0.25, -0.2) is 0 Å². The van der Waals surface area contributed by atoms with E-state index in [1.165, 1.54) is 11.1 Å². The lowest BCUT2D eigenvalue weighted by molar-refractivity contribution is 0.0901. The van der Waals surface area contributed by atoms with E-state index < -0.39 is 0 Å². The first-order chi connectivity index (χ1) is 8.63. The summed E-state index contributed by atoms with van der Waals surface area (Å²) in [5.41, 5.74) is 2.63. The van der Waals surface area contributed by atoms with E-state index in [1.807, 2.05) is 0 Å². The van der Waals surface area contributed by atoms with Crippen LogP contribution in [0.25, 0.3) is 0 Å². The molecule has 0 saturated carbocycles. The van der Waals surface area contributed by atoms with Crippen LogP contribution in [0.5, 0.6) is 0 Å². The summed E-state index contributed by atoms with van der Waals surface area (Å²) in [7, 11) is 0. The summed E-state index contributed by atoms with van der Waals surface area (Å²) in [6.07, 6.45) is 1.15. The van der Waals surface area contributed by atoms with Crippen molar-refractivity contribution in [2.45, 2.75) is 40.2 Å². The molecule has 2 heteroatoms. The zero-order valence-electron chi connectivity index (χ0n) is 12.2. The van der Waals surface area contributed by atoms with E-state index >= 15 is 0 Å². The average Bonchev–Trinajstić information content (AvgIpc) is 2.33. The van der Waals surface area contributed by atoms with Gasteiger partial charge in [0.25, 0.3) is 0 Å². The van der Waals surface area contributed by atoms with E-state index in [1.54, 1.807) is 0 Å². The monoisotopic (exact) mass is 249 g/mol. The van der Waals surface area contributed by atoms with Crippen molar-refractivity contribution in [2.24, 2.45) is 5.92 Å². The molecule has 102 valence electrons. The summed E-state index contributed by atoms with van der Waals surface area (Å²) in [5.74, 6) is 0.592. The molecule has 0 amide bonds. The number of hydrogen-bond donors (Lipinski definition) is 1. The predicted molar refractivity (Wildman–Crippen MR) is 77.9 cm³/mol.